The van der Waals surface area contributed by atoms with Crippen molar-refractivity contribution in [3.63, 3.8) is 0 Å². The summed E-state index contributed by atoms with van der Waals surface area (Å²) in [6.07, 6.45) is 9.70. The number of aliphatic imine (C=N–C) groups is 2. The van der Waals surface area contributed by atoms with Crippen molar-refractivity contribution in [3.8, 4) is 0 Å². The number of unbranched alkanes of at least 4 members (excludes halogenated alkanes) is 6. The largest absolute Gasteiger partial charge is 0.370 e. The van der Waals surface area contributed by atoms with Gasteiger partial charge in [0.15, 0.2) is 0 Å². The second-order valence-electron chi connectivity index (χ2n) is 10.4. The third-order valence-corrected chi connectivity index (χ3v) is 7.05. The lowest BCUT2D eigenvalue weighted by atomic mass is 10.1. The van der Waals surface area contributed by atoms with E-state index in [0.717, 1.165) is 118 Å². The van der Waals surface area contributed by atoms with Crippen molar-refractivity contribution in [2.24, 2.45) is 9.98 Å². The van der Waals surface area contributed by atoms with Crippen molar-refractivity contribution >= 4 is 47.5 Å². The number of hydrogen-bond acceptors (Lipinski definition) is 6. The maximum atomic E-state index is 12.2. The van der Waals surface area contributed by atoms with Gasteiger partial charge in [0.05, 0.1) is 0 Å². The van der Waals surface area contributed by atoms with E-state index < -0.39 is 0 Å². The smallest absolute Gasteiger partial charge is 0.319 e. The normalized spacial score (nSPS) is 14.2. The Kier molecular flexibility index (Phi) is 14.5. The first-order valence-corrected chi connectivity index (χ1v) is 15.0. The van der Waals surface area contributed by atoms with Gasteiger partial charge in [-0.15, -0.1) is 12.4 Å². The molecular formula is C31H45ClN8O2. The molecular weight excluding hydrogens is 552 g/mol. The number of hydrogen-bond donors (Lipinski definition) is 6. The lowest BCUT2D eigenvalue weighted by Crippen LogP contribution is -2.30. The van der Waals surface area contributed by atoms with Gasteiger partial charge >= 0.3 is 12.1 Å². The number of halogens is 1. The first-order chi connectivity index (χ1) is 20.2. The number of amidine groups is 2. The Morgan fingerprint density at radius 2 is 0.976 bits per heavy atom. The Morgan fingerprint density at radius 3 is 1.33 bits per heavy atom. The van der Waals surface area contributed by atoms with Gasteiger partial charge in [-0.2, -0.15) is 0 Å². The Bertz CT molecular complexity index is 1080. The molecule has 2 aromatic carbocycles. The van der Waals surface area contributed by atoms with Gasteiger partial charge in [-0.05, 0) is 74.2 Å². The van der Waals surface area contributed by atoms with E-state index in [1.54, 1.807) is 0 Å². The van der Waals surface area contributed by atoms with Gasteiger partial charge in [-0.25, -0.2) is 9.59 Å². The Hall–Kier alpha value is -3.79. The first-order valence-electron chi connectivity index (χ1n) is 15.0. The van der Waals surface area contributed by atoms with Crippen LogP contribution in [0.5, 0.6) is 0 Å². The highest BCUT2D eigenvalue weighted by Gasteiger charge is 2.09. The highest BCUT2D eigenvalue weighted by molar-refractivity contribution is 6.00. The van der Waals surface area contributed by atoms with Crippen LogP contribution in [0.2, 0.25) is 0 Å². The minimum atomic E-state index is -0.175. The highest BCUT2D eigenvalue weighted by atomic mass is 35.5. The van der Waals surface area contributed by atoms with E-state index in [-0.39, 0.29) is 24.5 Å². The number of benzene rings is 2. The minimum Gasteiger partial charge on any atom is -0.370 e. The van der Waals surface area contributed by atoms with E-state index in [2.05, 4.69) is 41.9 Å². The second kappa shape index (κ2) is 18.6. The monoisotopic (exact) mass is 596 g/mol. The molecule has 228 valence electrons. The number of carbonyl (C=O) groups is 2. The Morgan fingerprint density at radius 1 is 0.595 bits per heavy atom. The summed E-state index contributed by atoms with van der Waals surface area (Å²) < 4.78 is 0. The summed E-state index contributed by atoms with van der Waals surface area (Å²) in [6, 6.07) is 15.2. The topological polar surface area (TPSA) is 131 Å². The number of nitrogens with one attached hydrogen (secondary N) is 6. The fourth-order valence-electron chi connectivity index (χ4n) is 4.76. The molecule has 10 nitrogen and oxygen atoms in total. The van der Waals surface area contributed by atoms with Crippen molar-refractivity contribution in [1.82, 2.24) is 21.3 Å². The molecule has 2 aliphatic rings. The lowest BCUT2D eigenvalue weighted by Gasteiger charge is -2.15. The molecule has 0 radical (unpaired) electrons. The summed E-state index contributed by atoms with van der Waals surface area (Å²) in [4.78, 5) is 33.3. The highest BCUT2D eigenvalue weighted by Crippen LogP contribution is 2.13. The molecule has 0 spiro atoms. The van der Waals surface area contributed by atoms with Crippen LogP contribution in [-0.2, 0) is 0 Å². The SMILES string of the molecule is Cl.O=C(NCCCCCCCCCNC(=O)Nc1ccc(C2=NCCCN2)cc1)Nc1ccc(C2=NCCCN2)cc1. The summed E-state index contributed by atoms with van der Waals surface area (Å²) in [5.41, 5.74) is 3.62. The van der Waals surface area contributed by atoms with Crippen LogP contribution in [0.3, 0.4) is 0 Å². The fourth-order valence-corrected chi connectivity index (χ4v) is 4.76. The van der Waals surface area contributed by atoms with E-state index in [1.165, 1.54) is 0 Å². The van der Waals surface area contributed by atoms with Crippen LogP contribution < -0.4 is 31.9 Å². The molecule has 2 aliphatic heterocycles. The Labute approximate surface area is 255 Å². The van der Waals surface area contributed by atoms with Gasteiger partial charge in [-0.3, -0.25) is 9.98 Å². The zero-order valence-electron chi connectivity index (χ0n) is 24.3. The van der Waals surface area contributed by atoms with E-state index in [0.29, 0.717) is 13.1 Å². The van der Waals surface area contributed by atoms with Gasteiger partial charge in [0, 0.05) is 61.8 Å². The second-order valence-corrected chi connectivity index (χ2v) is 10.4. The van der Waals surface area contributed by atoms with E-state index in [9.17, 15) is 9.59 Å². The average Bonchev–Trinajstić information content (AvgIpc) is 3.01. The quantitative estimate of drug-likeness (QED) is 0.166. The van der Waals surface area contributed by atoms with Crippen LogP contribution in [0.15, 0.2) is 58.5 Å². The van der Waals surface area contributed by atoms with E-state index >= 15 is 0 Å². The number of carbonyl (C=O) groups excluding carboxylic acids is 2. The maximum absolute atomic E-state index is 12.2. The minimum absolute atomic E-state index is 0. The molecule has 0 aromatic heterocycles. The van der Waals surface area contributed by atoms with Crippen LogP contribution in [0.4, 0.5) is 21.0 Å². The third kappa shape index (κ3) is 11.6. The van der Waals surface area contributed by atoms with Crippen LogP contribution in [0.25, 0.3) is 0 Å². The summed E-state index contributed by atoms with van der Waals surface area (Å²) >= 11 is 0. The molecule has 42 heavy (non-hydrogen) atoms. The zero-order valence-corrected chi connectivity index (χ0v) is 25.2. The molecule has 11 heteroatoms. The molecule has 0 bridgehead atoms. The molecule has 4 amide bonds. The summed E-state index contributed by atoms with van der Waals surface area (Å²) in [6.45, 7) is 4.94. The van der Waals surface area contributed by atoms with Gasteiger partial charge in [0.25, 0.3) is 0 Å². The molecule has 2 aromatic rings. The molecule has 2 heterocycles. The predicted octanol–water partition coefficient (Wildman–Crippen LogP) is 5.26. The fraction of sp³-hybridized carbons (Fsp3) is 0.484. The van der Waals surface area contributed by atoms with Crippen LogP contribution >= 0.6 is 12.4 Å². The maximum Gasteiger partial charge on any atom is 0.319 e. The average molecular weight is 597 g/mol. The number of rotatable bonds is 14. The molecule has 0 saturated heterocycles. The zero-order chi connectivity index (χ0) is 28.5. The standard InChI is InChI=1S/C31H44N8O2.ClH/c40-30(38-26-14-10-24(11-15-26)28-32-20-8-21-33-28)36-18-6-4-2-1-3-5-7-19-37-31(41)39-27-16-12-25(13-17-27)29-34-22-9-23-35-29;/h10-17H,1-9,18-23H2,(H,32,33)(H,34,35)(H2,36,38,40)(H2,37,39,41);1H. The molecule has 0 unspecified atom stereocenters. The third-order valence-electron chi connectivity index (χ3n) is 7.05. The lowest BCUT2D eigenvalue weighted by molar-refractivity contribution is 0.251. The molecule has 0 fully saturated rings. The summed E-state index contributed by atoms with van der Waals surface area (Å²) in [5, 5.41) is 18.3. The summed E-state index contributed by atoms with van der Waals surface area (Å²) in [7, 11) is 0. The predicted molar refractivity (Wildman–Crippen MR) is 175 cm³/mol. The van der Waals surface area contributed by atoms with Crippen LogP contribution in [0, 0.1) is 0 Å². The van der Waals surface area contributed by atoms with Gasteiger partial charge in [-0.1, -0.05) is 32.1 Å². The first kappa shape index (κ1) is 32.7. The van der Waals surface area contributed by atoms with Gasteiger partial charge in [0.1, 0.15) is 11.7 Å². The number of nitrogens with zero attached hydrogens (tertiary/aromatic N) is 2. The van der Waals surface area contributed by atoms with Crippen molar-refractivity contribution < 1.29 is 9.59 Å². The molecule has 6 N–H and O–H groups in total. The van der Waals surface area contributed by atoms with E-state index in [1.807, 2.05) is 48.5 Å². The van der Waals surface area contributed by atoms with Crippen LogP contribution in [0.1, 0.15) is 68.9 Å². The van der Waals surface area contributed by atoms with Crippen molar-refractivity contribution in [2.75, 3.05) is 49.9 Å². The number of urea groups is 2. The van der Waals surface area contributed by atoms with Gasteiger partial charge < -0.3 is 31.9 Å². The van der Waals surface area contributed by atoms with Gasteiger partial charge in [0.2, 0.25) is 0 Å². The molecule has 0 saturated carbocycles. The van der Waals surface area contributed by atoms with Crippen LogP contribution in [-0.4, -0.2) is 63.0 Å². The van der Waals surface area contributed by atoms with E-state index in [4.69, 9.17) is 0 Å². The Balaban J connectivity index is 0.00000484. The molecule has 4 rings (SSSR count). The molecule has 0 atom stereocenters. The van der Waals surface area contributed by atoms with Crippen molar-refractivity contribution in [3.05, 3.63) is 59.7 Å². The van der Waals surface area contributed by atoms with Crippen molar-refractivity contribution in [2.45, 2.75) is 57.8 Å². The molecule has 0 aliphatic carbocycles. The number of amides is 4. The number of anilines is 2. The van der Waals surface area contributed by atoms with Crippen molar-refractivity contribution in [1.29, 1.82) is 0 Å². The summed E-state index contributed by atoms with van der Waals surface area (Å²) in [5.74, 6) is 1.85.